The second-order valence-corrected chi connectivity index (χ2v) is 8.66. The summed E-state index contributed by atoms with van der Waals surface area (Å²) in [5.74, 6) is -0.188. The third-order valence-corrected chi connectivity index (χ3v) is 6.28. The largest absolute Gasteiger partial charge is 0.390 e. The van der Waals surface area contributed by atoms with Crippen molar-refractivity contribution < 1.29 is 9.13 Å². The monoisotopic (exact) mass is 439 g/mol. The maximum atomic E-state index is 15.2. The minimum Gasteiger partial charge on any atom is -0.390 e. The summed E-state index contributed by atoms with van der Waals surface area (Å²) in [4.78, 5) is 11.6. The molecule has 2 fully saturated rings. The molecule has 0 atom stereocenters. The van der Waals surface area contributed by atoms with Crippen molar-refractivity contribution in [1.82, 2.24) is 20.1 Å². The molecule has 0 saturated carbocycles. The molecule has 0 amide bonds. The molecule has 0 spiro atoms. The fraction of sp³-hybridized carbons (Fsp3) is 0.480. The standard InChI is InChI=1S/C25H34FN5O/c1-19-4-5-20(16-22(27-2)18-30-12-14-32-15-13-30)25(28-19)21-6-7-24(23(26)17-21)31-10-8-29(3)9-11-31/h4-7,16-17,27H,8-15,18H2,1-3H3/b22-16-. The molecule has 0 radical (unpaired) electrons. The van der Waals surface area contributed by atoms with Crippen molar-refractivity contribution in [2.24, 2.45) is 0 Å². The number of morpholine rings is 1. The van der Waals surface area contributed by atoms with Gasteiger partial charge < -0.3 is 19.9 Å². The van der Waals surface area contributed by atoms with Crippen LogP contribution < -0.4 is 10.2 Å². The summed E-state index contributed by atoms with van der Waals surface area (Å²) in [6, 6.07) is 9.61. The van der Waals surface area contributed by atoms with Gasteiger partial charge in [0.25, 0.3) is 0 Å². The van der Waals surface area contributed by atoms with Gasteiger partial charge >= 0.3 is 0 Å². The van der Waals surface area contributed by atoms with E-state index in [4.69, 9.17) is 9.72 Å². The maximum absolute atomic E-state index is 15.2. The number of hydrogen-bond donors (Lipinski definition) is 1. The number of nitrogens with zero attached hydrogens (tertiary/aromatic N) is 4. The Kier molecular flexibility index (Phi) is 7.40. The number of nitrogens with one attached hydrogen (secondary N) is 1. The van der Waals surface area contributed by atoms with Gasteiger partial charge in [0, 0.05) is 75.4 Å². The number of pyridine rings is 1. The van der Waals surface area contributed by atoms with E-state index in [0.29, 0.717) is 5.69 Å². The van der Waals surface area contributed by atoms with Crippen molar-refractivity contribution in [2.75, 3.05) is 78.0 Å². The van der Waals surface area contributed by atoms with Gasteiger partial charge in [-0.3, -0.25) is 9.88 Å². The third-order valence-electron chi connectivity index (χ3n) is 6.28. The van der Waals surface area contributed by atoms with Gasteiger partial charge in [-0.1, -0.05) is 12.1 Å². The van der Waals surface area contributed by atoms with Crippen LogP contribution in [0.4, 0.5) is 10.1 Å². The van der Waals surface area contributed by atoms with Crippen LogP contribution in [0.15, 0.2) is 36.0 Å². The second kappa shape index (κ2) is 10.4. The van der Waals surface area contributed by atoms with E-state index in [0.717, 1.165) is 87.2 Å². The molecule has 6 nitrogen and oxygen atoms in total. The molecule has 4 rings (SSSR count). The third kappa shape index (κ3) is 5.46. The molecule has 7 heteroatoms. The second-order valence-electron chi connectivity index (χ2n) is 8.66. The first-order chi connectivity index (χ1) is 15.5. The molecule has 3 heterocycles. The Hall–Kier alpha value is -2.48. The Morgan fingerprint density at radius 1 is 1.09 bits per heavy atom. The van der Waals surface area contributed by atoms with Gasteiger partial charge in [-0.05, 0) is 38.2 Å². The Morgan fingerprint density at radius 3 is 2.53 bits per heavy atom. The van der Waals surface area contributed by atoms with Gasteiger partial charge in [-0.25, -0.2) is 4.39 Å². The summed E-state index contributed by atoms with van der Waals surface area (Å²) < 4.78 is 20.6. The van der Waals surface area contributed by atoms with Crippen LogP contribution in [0.5, 0.6) is 0 Å². The van der Waals surface area contributed by atoms with E-state index < -0.39 is 0 Å². The minimum absolute atomic E-state index is 0.188. The van der Waals surface area contributed by atoms with Crippen LogP contribution >= 0.6 is 0 Å². The first kappa shape index (κ1) is 22.7. The van der Waals surface area contributed by atoms with Gasteiger partial charge in [-0.2, -0.15) is 0 Å². The number of piperazine rings is 1. The number of likely N-dealkylation sites (N-methyl/N-ethyl adjacent to an activating group) is 2. The number of aryl methyl sites for hydroxylation is 1. The summed E-state index contributed by atoms with van der Waals surface area (Å²) in [6.45, 7) is 9.78. The molecule has 1 aromatic heterocycles. The number of rotatable bonds is 6. The highest BCUT2D eigenvalue weighted by Gasteiger charge is 2.19. The maximum Gasteiger partial charge on any atom is 0.147 e. The van der Waals surface area contributed by atoms with Crippen LogP contribution in [0.25, 0.3) is 17.3 Å². The van der Waals surface area contributed by atoms with Crippen molar-refractivity contribution in [1.29, 1.82) is 0 Å². The van der Waals surface area contributed by atoms with E-state index in [1.165, 1.54) is 0 Å². The highest BCUT2D eigenvalue weighted by atomic mass is 19.1. The molecule has 32 heavy (non-hydrogen) atoms. The van der Waals surface area contributed by atoms with Crippen molar-refractivity contribution in [2.45, 2.75) is 6.92 Å². The Balaban J connectivity index is 1.60. The first-order valence-corrected chi connectivity index (χ1v) is 11.4. The molecule has 2 aromatic rings. The summed E-state index contributed by atoms with van der Waals surface area (Å²) in [5.41, 5.74) is 5.30. The zero-order valence-corrected chi connectivity index (χ0v) is 19.4. The summed E-state index contributed by atoms with van der Waals surface area (Å²) in [6.07, 6.45) is 2.13. The average molecular weight is 440 g/mol. The lowest BCUT2D eigenvalue weighted by Crippen LogP contribution is -2.44. The molecule has 0 aliphatic carbocycles. The molecule has 2 aliphatic heterocycles. The number of hydrogen-bond acceptors (Lipinski definition) is 6. The Morgan fingerprint density at radius 2 is 1.84 bits per heavy atom. The molecular formula is C25H34FN5O. The smallest absolute Gasteiger partial charge is 0.147 e. The van der Waals surface area contributed by atoms with E-state index in [-0.39, 0.29) is 5.82 Å². The zero-order valence-electron chi connectivity index (χ0n) is 19.4. The quantitative estimate of drug-likeness (QED) is 0.747. The van der Waals surface area contributed by atoms with Crippen molar-refractivity contribution >= 4 is 11.8 Å². The topological polar surface area (TPSA) is 43.9 Å². The van der Waals surface area contributed by atoms with Gasteiger partial charge in [0.15, 0.2) is 0 Å². The van der Waals surface area contributed by atoms with E-state index in [1.807, 2.05) is 32.2 Å². The number of halogens is 1. The number of aromatic nitrogens is 1. The fourth-order valence-corrected chi connectivity index (χ4v) is 4.26. The summed E-state index contributed by atoms with van der Waals surface area (Å²) >= 11 is 0. The lowest BCUT2D eigenvalue weighted by atomic mass is 10.0. The normalized spacial score (nSPS) is 18.8. The van der Waals surface area contributed by atoms with Crippen LogP contribution in [-0.2, 0) is 4.74 Å². The minimum atomic E-state index is -0.188. The van der Waals surface area contributed by atoms with E-state index in [2.05, 4.69) is 39.2 Å². The Bertz CT molecular complexity index is 949. The molecule has 172 valence electrons. The van der Waals surface area contributed by atoms with Gasteiger partial charge in [0.2, 0.25) is 0 Å². The average Bonchev–Trinajstić information content (AvgIpc) is 2.81. The number of anilines is 1. The molecule has 1 N–H and O–H groups in total. The number of ether oxygens (including phenoxy) is 1. The van der Waals surface area contributed by atoms with Gasteiger partial charge in [-0.15, -0.1) is 0 Å². The van der Waals surface area contributed by atoms with E-state index in [9.17, 15) is 0 Å². The van der Waals surface area contributed by atoms with Crippen molar-refractivity contribution in [3.05, 3.63) is 53.1 Å². The zero-order chi connectivity index (χ0) is 22.5. The predicted molar refractivity (Wildman–Crippen MR) is 128 cm³/mol. The first-order valence-electron chi connectivity index (χ1n) is 11.4. The van der Waals surface area contributed by atoms with Crippen LogP contribution in [0, 0.1) is 12.7 Å². The lowest BCUT2D eigenvalue weighted by molar-refractivity contribution is 0.0418. The van der Waals surface area contributed by atoms with Crippen LogP contribution in [0.1, 0.15) is 11.3 Å². The molecular weight excluding hydrogens is 405 g/mol. The van der Waals surface area contributed by atoms with Crippen LogP contribution in [0.3, 0.4) is 0 Å². The molecule has 2 saturated heterocycles. The van der Waals surface area contributed by atoms with E-state index in [1.54, 1.807) is 6.07 Å². The fourth-order valence-electron chi connectivity index (χ4n) is 4.26. The van der Waals surface area contributed by atoms with Gasteiger partial charge in [0.1, 0.15) is 5.82 Å². The summed E-state index contributed by atoms with van der Waals surface area (Å²) in [7, 11) is 4.05. The highest BCUT2D eigenvalue weighted by molar-refractivity contribution is 5.74. The SMILES string of the molecule is CN/C(=C\c1ccc(C)nc1-c1ccc(N2CCN(C)CC2)c(F)c1)CN1CCOCC1. The predicted octanol–water partition coefficient (Wildman–Crippen LogP) is 2.84. The van der Waals surface area contributed by atoms with Crippen LogP contribution in [0.2, 0.25) is 0 Å². The van der Waals surface area contributed by atoms with Crippen LogP contribution in [-0.4, -0.2) is 87.9 Å². The Labute approximate surface area is 190 Å². The molecule has 0 bridgehead atoms. The molecule has 2 aliphatic rings. The van der Waals surface area contributed by atoms with Crippen molar-refractivity contribution in [3.8, 4) is 11.3 Å². The lowest BCUT2D eigenvalue weighted by Gasteiger charge is -2.34. The highest BCUT2D eigenvalue weighted by Crippen LogP contribution is 2.29. The summed E-state index contributed by atoms with van der Waals surface area (Å²) in [5, 5.41) is 3.32. The number of benzene rings is 1. The van der Waals surface area contributed by atoms with Crippen molar-refractivity contribution in [3.63, 3.8) is 0 Å². The molecule has 1 aromatic carbocycles. The molecule has 0 unspecified atom stereocenters. The van der Waals surface area contributed by atoms with E-state index >= 15 is 4.39 Å². The van der Waals surface area contributed by atoms with Gasteiger partial charge in [0.05, 0.1) is 24.6 Å².